The minimum atomic E-state index is -0.497. The Morgan fingerprint density at radius 2 is 2.03 bits per heavy atom. The molecule has 0 atom stereocenters. The first kappa shape index (κ1) is 24.0. The van der Waals surface area contributed by atoms with Gasteiger partial charge in [-0.15, -0.1) is 0 Å². The Kier molecular flexibility index (Phi) is 7.03. The summed E-state index contributed by atoms with van der Waals surface area (Å²) in [7, 11) is 0. The lowest BCUT2D eigenvalue weighted by Crippen LogP contribution is -2.39. The quantitative estimate of drug-likeness (QED) is 0.360. The molecule has 1 aliphatic rings. The van der Waals surface area contributed by atoms with E-state index in [1.165, 1.54) is 0 Å². The molecule has 0 saturated carbocycles. The number of carbonyl (C=O) groups excluding carboxylic acids is 1. The molecule has 8 heteroatoms. The van der Waals surface area contributed by atoms with E-state index >= 15 is 0 Å². The molecule has 0 aliphatic carbocycles. The van der Waals surface area contributed by atoms with E-state index in [1.807, 2.05) is 39.0 Å². The average Bonchev–Trinajstić information content (AvgIpc) is 3.22. The van der Waals surface area contributed by atoms with Gasteiger partial charge in [-0.3, -0.25) is 0 Å². The third-order valence-corrected chi connectivity index (χ3v) is 5.71. The van der Waals surface area contributed by atoms with Gasteiger partial charge in [0.05, 0.1) is 5.69 Å². The van der Waals surface area contributed by atoms with Crippen molar-refractivity contribution in [1.82, 2.24) is 14.9 Å². The molecule has 1 aromatic carbocycles. The number of ether oxygens (including phenoxy) is 1. The zero-order valence-corrected chi connectivity index (χ0v) is 20.9. The number of benzene rings is 1. The molecule has 0 unspecified atom stereocenters. The van der Waals surface area contributed by atoms with Gasteiger partial charge in [0.2, 0.25) is 0 Å². The molecule has 0 spiro atoms. The van der Waals surface area contributed by atoms with Gasteiger partial charge in [-0.05, 0) is 69.5 Å². The highest BCUT2D eigenvalue weighted by molar-refractivity contribution is 6.31. The molecule has 180 valence electrons. The number of nitrogens with zero attached hydrogens (tertiary/aromatic N) is 2. The van der Waals surface area contributed by atoms with Crippen molar-refractivity contribution in [2.45, 2.75) is 46.1 Å². The molecule has 34 heavy (non-hydrogen) atoms. The molecule has 1 amide bonds. The number of hydrogen-bond acceptors (Lipinski definition) is 5. The van der Waals surface area contributed by atoms with Crippen LogP contribution in [-0.4, -0.2) is 46.2 Å². The lowest BCUT2D eigenvalue weighted by Gasteiger charge is -2.29. The second-order valence-electron chi connectivity index (χ2n) is 9.49. The highest BCUT2D eigenvalue weighted by atomic mass is 35.5. The van der Waals surface area contributed by atoms with Gasteiger partial charge in [0, 0.05) is 53.3 Å². The molecule has 2 aromatic heterocycles. The molecule has 1 aliphatic heterocycles. The van der Waals surface area contributed by atoms with Gasteiger partial charge in [-0.25, -0.2) is 9.78 Å². The Morgan fingerprint density at radius 1 is 1.24 bits per heavy atom. The number of fused-ring (bicyclic) bond motifs is 1. The van der Waals surface area contributed by atoms with Gasteiger partial charge in [-0.2, -0.15) is 0 Å². The number of anilines is 3. The van der Waals surface area contributed by atoms with Gasteiger partial charge < -0.3 is 25.3 Å². The van der Waals surface area contributed by atoms with Crippen LogP contribution in [0.4, 0.5) is 21.9 Å². The molecule has 0 fully saturated rings. The van der Waals surface area contributed by atoms with Crippen molar-refractivity contribution in [2.75, 3.05) is 30.3 Å². The summed E-state index contributed by atoms with van der Waals surface area (Å²) in [6, 6.07) is 9.96. The van der Waals surface area contributed by atoms with E-state index in [0.717, 1.165) is 58.7 Å². The van der Waals surface area contributed by atoms with Crippen LogP contribution in [0.25, 0.3) is 16.6 Å². The van der Waals surface area contributed by atoms with Gasteiger partial charge in [-0.1, -0.05) is 24.6 Å². The number of hydrogen-bond donors (Lipinski definition) is 3. The van der Waals surface area contributed by atoms with E-state index in [0.29, 0.717) is 18.1 Å². The Morgan fingerprint density at radius 3 is 2.74 bits per heavy atom. The highest BCUT2D eigenvalue weighted by Gasteiger charge is 2.24. The summed E-state index contributed by atoms with van der Waals surface area (Å²) in [5, 5.41) is 8.54. The monoisotopic (exact) mass is 481 g/mol. The minimum Gasteiger partial charge on any atom is -0.444 e. The molecule has 0 bridgehead atoms. The second-order valence-corrected chi connectivity index (χ2v) is 9.93. The standard InChI is InChI=1S/C26H32ClN5O2/c1-5-9-28-19-13-18(27)14-20(15-19)30-22-6-10-29-24-21(22)16-23(31-24)17-7-11-32(12-8-17)25(33)34-26(2,3)4/h6-7,10,13-16,28H,5,8-9,11-12H2,1-4H3,(H2,29,30,31). The van der Waals surface area contributed by atoms with Gasteiger partial charge in [0.25, 0.3) is 0 Å². The number of pyridine rings is 1. The molecular weight excluding hydrogens is 450 g/mol. The number of carbonyl (C=O) groups is 1. The normalized spacial score (nSPS) is 14.1. The third kappa shape index (κ3) is 5.83. The summed E-state index contributed by atoms with van der Waals surface area (Å²) in [5.41, 5.74) is 5.33. The molecule has 4 rings (SSSR count). The summed E-state index contributed by atoms with van der Waals surface area (Å²) in [6.07, 6.45) is 5.37. The Bertz CT molecular complexity index is 1210. The molecule has 0 saturated heterocycles. The zero-order valence-electron chi connectivity index (χ0n) is 20.2. The SMILES string of the molecule is CCCNc1cc(Cl)cc(Nc2ccnc3[nH]c(C4=CCN(C(=O)OC(C)(C)C)CC4)cc23)c1. The topological polar surface area (TPSA) is 82.3 Å². The van der Waals surface area contributed by atoms with E-state index in [-0.39, 0.29) is 6.09 Å². The van der Waals surface area contributed by atoms with Crippen LogP contribution in [0.2, 0.25) is 5.02 Å². The van der Waals surface area contributed by atoms with Crippen LogP contribution in [0.15, 0.2) is 42.6 Å². The van der Waals surface area contributed by atoms with Crippen molar-refractivity contribution in [2.24, 2.45) is 0 Å². The summed E-state index contributed by atoms with van der Waals surface area (Å²) < 4.78 is 5.49. The number of amides is 1. The first-order valence-electron chi connectivity index (χ1n) is 11.7. The van der Waals surface area contributed by atoms with Crippen LogP contribution in [0, 0.1) is 0 Å². The average molecular weight is 482 g/mol. The first-order chi connectivity index (χ1) is 16.2. The van der Waals surface area contributed by atoms with E-state index in [1.54, 1.807) is 11.1 Å². The fraction of sp³-hybridized carbons (Fsp3) is 0.385. The molecule has 3 aromatic rings. The number of halogens is 1. The predicted octanol–water partition coefficient (Wildman–Crippen LogP) is 6.81. The Balaban J connectivity index is 1.53. The van der Waals surface area contributed by atoms with E-state index in [2.05, 4.69) is 45.7 Å². The van der Waals surface area contributed by atoms with Gasteiger partial charge in [0.1, 0.15) is 11.2 Å². The lowest BCUT2D eigenvalue weighted by molar-refractivity contribution is 0.0270. The fourth-order valence-corrected chi connectivity index (χ4v) is 4.14. The van der Waals surface area contributed by atoms with Gasteiger partial charge in [0.15, 0.2) is 0 Å². The van der Waals surface area contributed by atoms with Crippen LogP contribution in [0.1, 0.15) is 46.2 Å². The number of nitrogens with one attached hydrogen (secondary N) is 3. The van der Waals surface area contributed by atoms with Crippen LogP contribution >= 0.6 is 11.6 Å². The van der Waals surface area contributed by atoms with Crippen LogP contribution in [0.5, 0.6) is 0 Å². The maximum atomic E-state index is 12.4. The smallest absolute Gasteiger partial charge is 0.410 e. The van der Waals surface area contributed by atoms with Crippen molar-refractivity contribution in [3.63, 3.8) is 0 Å². The lowest BCUT2D eigenvalue weighted by atomic mass is 10.0. The third-order valence-electron chi connectivity index (χ3n) is 5.49. The predicted molar refractivity (Wildman–Crippen MR) is 140 cm³/mol. The van der Waals surface area contributed by atoms with E-state index in [4.69, 9.17) is 16.3 Å². The summed E-state index contributed by atoms with van der Waals surface area (Å²) in [4.78, 5) is 22.0. The minimum absolute atomic E-state index is 0.276. The van der Waals surface area contributed by atoms with Crippen LogP contribution in [0.3, 0.4) is 0 Å². The maximum Gasteiger partial charge on any atom is 0.410 e. The Labute approximate surface area is 205 Å². The van der Waals surface area contributed by atoms with Crippen LogP contribution < -0.4 is 10.6 Å². The summed E-state index contributed by atoms with van der Waals surface area (Å²) in [6.45, 7) is 9.80. The fourth-order valence-electron chi connectivity index (χ4n) is 3.90. The van der Waals surface area contributed by atoms with E-state index < -0.39 is 5.60 Å². The summed E-state index contributed by atoms with van der Waals surface area (Å²) >= 11 is 6.35. The molecule has 3 N–H and O–H groups in total. The second kappa shape index (κ2) is 9.97. The van der Waals surface area contributed by atoms with Crippen molar-refractivity contribution in [1.29, 1.82) is 0 Å². The highest BCUT2D eigenvalue weighted by Crippen LogP contribution is 2.32. The van der Waals surface area contributed by atoms with Gasteiger partial charge >= 0.3 is 6.09 Å². The maximum absolute atomic E-state index is 12.4. The largest absolute Gasteiger partial charge is 0.444 e. The Hall–Kier alpha value is -3.19. The number of aromatic nitrogens is 2. The van der Waals surface area contributed by atoms with Crippen LogP contribution in [-0.2, 0) is 4.74 Å². The molecule has 7 nitrogen and oxygen atoms in total. The van der Waals surface area contributed by atoms with Crippen molar-refractivity contribution in [3.8, 4) is 0 Å². The van der Waals surface area contributed by atoms with Crippen molar-refractivity contribution < 1.29 is 9.53 Å². The van der Waals surface area contributed by atoms with E-state index in [9.17, 15) is 4.79 Å². The molecule has 0 radical (unpaired) electrons. The zero-order chi connectivity index (χ0) is 24.3. The molecule has 3 heterocycles. The molecular formula is C26H32ClN5O2. The number of rotatable bonds is 6. The number of H-pyrrole nitrogens is 1. The van der Waals surface area contributed by atoms with Crippen molar-refractivity contribution in [3.05, 3.63) is 53.3 Å². The van der Waals surface area contributed by atoms with Crippen molar-refractivity contribution >= 4 is 51.4 Å². The first-order valence-corrected chi connectivity index (χ1v) is 12.1. The summed E-state index contributed by atoms with van der Waals surface area (Å²) in [5.74, 6) is 0. The number of aromatic amines is 1.